The van der Waals surface area contributed by atoms with E-state index in [1.54, 1.807) is 19.8 Å². The van der Waals surface area contributed by atoms with Gasteiger partial charge in [0.2, 0.25) is 0 Å². The van der Waals surface area contributed by atoms with Gasteiger partial charge in [0.05, 0.1) is 26.9 Å². The number of unbranched alkanes of at least 4 members (excludes halogenated alkanes) is 8. The largest absolute Gasteiger partial charge is 0.497 e. The summed E-state index contributed by atoms with van der Waals surface area (Å²) in [5.41, 5.74) is 4.56. The van der Waals surface area contributed by atoms with Crippen LogP contribution in [-0.4, -0.2) is 50.8 Å². The molecule has 0 heterocycles. The molecule has 0 spiro atoms. The van der Waals surface area contributed by atoms with E-state index in [0.717, 1.165) is 109 Å². The normalized spacial score (nSPS) is 26.0. The molecule has 5 unspecified atom stereocenters. The van der Waals surface area contributed by atoms with Crippen LogP contribution in [0.4, 0.5) is 4.79 Å². The molecule has 7 rings (SSSR count). The minimum absolute atomic E-state index is 0.00976. The van der Waals surface area contributed by atoms with Crippen LogP contribution in [0.1, 0.15) is 186 Å². The molecule has 3 aromatic carbocycles. The Morgan fingerprint density at radius 1 is 0.706 bits per heavy atom. The summed E-state index contributed by atoms with van der Waals surface area (Å²) in [5, 5.41) is 14.1. The summed E-state index contributed by atoms with van der Waals surface area (Å²) in [6, 6.07) is 26.5. The Bertz CT molecular complexity index is 1950. The van der Waals surface area contributed by atoms with Crippen LogP contribution in [0.3, 0.4) is 0 Å². The third kappa shape index (κ3) is 12.6. The summed E-state index contributed by atoms with van der Waals surface area (Å²) < 4.78 is 24.0. The van der Waals surface area contributed by atoms with Gasteiger partial charge in [0, 0.05) is 13.0 Å². The van der Waals surface area contributed by atoms with Crippen LogP contribution in [0.15, 0.2) is 90.5 Å². The van der Waals surface area contributed by atoms with Gasteiger partial charge in [-0.2, -0.15) is 0 Å². The Morgan fingerprint density at radius 3 is 1.96 bits per heavy atom. The van der Waals surface area contributed by atoms with Crippen molar-refractivity contribution >= 4 is 6.09 Å². The maximum atomic E-state index is 12.9. The zero-order valence-corrected chi connectivity index (χ0v) is 43.1. The number of methoxy groups -OCH3 is 2. The molecule has 1 amide bonds. The smallest absolute Gasteiger partial charge is 0.407 e. The van der Waals surface area contributed by atoms with Gasteiger partial charge in [-0.15, -0.1) is 0 Å². The van der Waals surface area contributed by atoms with Crippen molar-refractivity contribution in [3.05, 3.63) is 107 Å². The highest BCUT2D eigenvalue weighted by Gasteiger charge is 2.58. The van der Waals surface area contributed by atoms with E-state index < -0.39 is 11.7 Å². The second kappa shape index (κ2) is 24.8. The minimum Gasteiger partial charge on any atom is -0.497 e. The van der Waals surface area contributed by atoms with E-state index >= 15 is 0 Å². The van der Waals surface area contributed by atoms with Crippen LogP contribution in [0.25, 0.3) is 0 Å². The van der Waals surface area contributed by atoms with Gasteiger partial charge in [-0.25, -0.2) is 4.79 Å². The van der Waals surface area contributed by atoms with E-state index in [1.165, 1.54) is 83.5 Å². The lowest BCUT2D eigenvalue weighted by molar-refractivity contribution is -0.0519. The number of fused-ring (bicyclic) bond motifs is 5. The zero-order chi connectivity index (χ0) is 48.0. The lowest BCUT2D eigenvalue weighted by atomic mass is 9.47. The standard InChI is InChI=1S/C61H89NO6/c1-45(2)20-19-23-46-30-36-56-55-35-29-50-44-54(37-40-60(50,4)57(55)38-41-59(46,56)3)68-58(64)62-42-18-13-11-9-7-8-10-12-17-24-51(63)39-43-67-61(47-21-15-14-16-22-47,48-25-31-52(65-5)32-26-48)49-27-33-53(66-6)34-28-49/h14-16,21-22,25-29,31-34,45-46,51,54-57,63H,7-13,17-20,23-24,30,35-44H2,1-6H3,(H,62,64)/t46?,51?,54-,55?,56?,57?,59+,60-/m1/s1. The predicted octanol–water partition coefficient (Wildman–Crippen LogP) is 15.2. The average Bonchev–Trinajstić information content (AvgIpc) is 3.69. The van der Waals surface area contributed by atoms with Gasteiger partial charge in [0.15, 0.2) is 0 Å². The molecule has 7 nitrogen and oxygen atoms in total. The number of benzene rings is 3. The van der Waals surface area contributed by atoms with E-state index in [1.807, 2.05) is 42.5 Å². The molecule has 3 fully saturated rings. The second-order valence-corrected chi connectivity index (χ2v) is 22.4. The van der Waals surface area contributed by atoms with E-state index in [0.29, 0.717) is 25.0 Å². The molecular formula is C61H89NO6. The molecule has 0 radical (unpaired) electrons. The molecule has 68 heavy (non-hydrogen) atoms. The molecule has 3 saturated carbocycles. The van der Waals surface area contributed by atoms with Gasteiger partial charge in [-0.05, 0) is 152 Å². The van der Waals surface area contributed by atoms with Crippen molar-refractivity contribution in [3.63, 3.8) is 0 Å². The zero-order valence-electron chi connectivity index (χ0n) is 43.1. The maximum absolute atomic E-state index is 12.9. The summed E-state index contributed by atoms with van der Waals surface area (Å²) >= 11 is 0. The average molecular weight is 932 g/mol. The first-order chi connectivity index (χ1) is 33.0. The van der Waals surface area contributed by atoms with Gasteiger partial charge in [-0.1, -0.05) is 158 Å². The summed E-state index contributed by atoms with van der Waals surface area (Å²) in [7, 11) is 3.35. The molecule has 0 bridgehead atoms. The topological polar surface area (TPSA) is 86.2 Å². The van der Waals surface area contributed by atoms with Crippen molar-refractivity contribution in [1.82, 2.24) is 5.32 Å². The van der Waals surface area contributed by atoms with Gasteiger partial charge < -0.3 is 29.4 Å². The Morgan fingerprint density at radius 2 is 1.32 bits per heavy atom. The first-order valence-electron chi connectivity index (χ1n) is 27.3. The van der Waals surface area contributed by atoms with E-state index in [2.05, 4.69) is 75.5 Å². The third-order valence-electron chi connectivity index (χ3n) is 17.8. The highest BCUT2D eigenvalue weighted by molar-refractivity contribution is 5.67. The summed E-state index contributed by atoms with van der Waals surface area (Å²) in [5.74, 6) is 5.86. The van der Waals surface area contributed by atoms with E-state index in [4.69, 9.17) is 18.9 Å². The highest BCUT2D eigenvalue weighted by Crippen LogP contribution is 2.67. The Kier molecular flexibility index (Phi) is 19.0. The first-order valence-corrected chi connectivity index (χ1v) is 27.3. The SMILES string of the molecule is COc1ccc(C(OCCC(O)CCCCCCCCCCCNC(=O)O[C@@H]2CC[C@]3(C)C(=CCC4C5CCC(CCCC(C)C)[C@]5(C)CCC43)C2)(c2ccccc2)c2ccc(OC)cc2)cc1. The fourth-order valence-electron chi connectivity index (χ4n) is 13.8. The molecular weight excluding hydrogens is 843 g/mol. The number of aliphatic hydroxyl groups excluding tert-OH is 1. The number of ether oxygens (including phenoxy) is 4. The van der Waals surface area contributed by atoms with Crippen LogP contribution >= 0.6 is 0 Å². The third-order valence-corrected chi connectivity index (χ3v) is 17.8. The lowest BCUT2D eigenvalue weighted by Crippen LogP contribution is -2.50. The van der Waals surface area contributed by atoms with Crippen LogP contribution in [-0.2, 0) is 15.1 Å². The quantitative estimate of drug-likeness (QED) is 0.0474. The minimum atomic E-state index is -0.873. The van der Waals surface area contributed by atoms with Crippen molar-refractivity contribution < 1.29 is 28.8 Å². The summed E-state index contributed by atoms with van der Waals surface area (Å²) in [4.78, 5) is 12.9. The number of hydrogen-bond acceptors (Lipinski definition) is 6. The second-order valence-electron chi connectivity index (χ2n) is 22.4. The Labute approximate surface area is 411 Å². The Balaban J connectivity index is 0.741. The monoisotopic (exact) mass is 932 g/mol. The van der Waals surface area contributed by atoms with Gasteiger partial charge in [0.1, 0.15) is 23.2 Å². The van der Waals surface area contributed by atoms with Crippen molar-refractivity contribution in [3.8, 4) is 11.5 Å². The molecule has 374 valence electrons. The van der Waals surface area contributed by atoms with E-state index in [9.17, 15) is 9.90 Å². The van der Waals surface area contributed by atoms with Crippen molar-refractivity contribution in [2.75, 3.05) is 27.4 Å². The molecule has 2 N–H and O–H groups in total. The number of carbonyl (C=O) groups excluding carboxylic acids is 1. The first kappa shape index (κ1) is 52.0. The Hall–Kier alpha value is -3.81. The van der Waals surface area contributed by atoms with Gasteiger partial charge in [0.25, 0.3) is 0 Å². The molecule has 3 aromatic rings. The van der Waals surface area contributed by atoms with Crippen molar-refractivity contribution in [2.24, 2.45) is 40.4 Å². The van der Waals surface area contributed by atoms with E-state index in [-0.39, 0.29) is 17.6 Å². The molecule has 0 saturated heterocycles. The molecule has 0 aliphatic heterocycles. The number of amides is 1. The van der Waals surface area contributed by atoms with Crippen LogP contribution in [0.5, 0.6) is 11.5 Å². The number of allylic oxidation sites excluding steroid dienone is 1. The van der Waals surface area contributed by atoms with Crippen molar-refractivity contribution in [2.45, 2.75) is 187 Å². The predicted molar refractivity (Wildman–Crippen MR) is 277 cm³/mol. The maximum Gasteiger partial charge on any atom is 0.407 e. The lowest BCUT2D eigenvalue weighted by Gasteiger charge is -2.58. The molecule has 4 aliphatic rings. The van der Waals surface area contributed by atoms with Crippen LogP contribution in [0, 0.1) is 40.4 Å². The summed E-state index contributed by atoms with van der Waals surface area (Å²) in [6.45, 7) is 11.1. The number of rotatable bonds is 26. The molecule has 7 heteroatoms. The number of hydrogen-bond donors (Lipinski definition) is 2. The number of aliphatic hydroxyl groups is 1. The fourth-order valence-corrected chi connectivity index (χ4v) is 13.8. The number of alkyl carbamates (subject to hydrolysis) is 1. The van der Waals surface area contributed by atoms with Crippen LogP contribution in [0.2, 0.25) is 0 Å². The highest BCUT2D eigenvalue weighted by atomic mass is 16.6. The van der Waals surface area contributed by atoms with Crippen LogP contribution < -0.4 is 14.8 Å². The summed E-state index contributed by atoms with van der Waals surface area (Å²) in [6.07, 6.45) is 27.9. The molecule has 8 atom stereocenters. The van der Waals surface area contributed by atoms with Gasteiger partial charge in [-0.3, -0.25) is 0 Å². The van der Waals surface area contributed by atoms with Gasteiger partial charge >= 0.3 is 6.09 Å². The van der Waals surface area contributed by atoms with Crippen molar-refractivity contribution in [1.29, 1.82) is 0 Å². The molecule has 4 aliphatic carbocycles. The number of nitrogens with one attached hydrogen (secondary N) is 1. The fraction of sp³-hybridized carbons (Fsp3) is 0.656. The number of carbonyl (C=O) groups is 1. The molecule has 0 aromatic heterocycles.